The van der Waals surface area contributed by atoms with Crippen LogP contribution in [0.15, 0.2) is 6.20 Å². The molecule has 12 heavy (non-hydrogen) atoms. The van der Waals surface area contributed by atoms with Crippen molar-refractivity contribution in [1.29, 1.82) is 0 Å². The first-order valence-corrected chi connectivity index (χ1v) is 4.41. The van der Waals surface area contributed by atoms with E-state index in [0.717, 1.165) is 24.9 Å². The minimum Gasteiger partial charge on any atom is -0.396 e. The first-order chi connectivity index (χ1) is 5.79. The van der Waals surface area contributed by atoms with E-state index in [9.17, 15) is 0 Å². The van der Waals surface area contributed by atoms with Crippen LogP contribution in [0.4, 0.5) is 0 Å². The summed E-state index contributed by atoms with van der Waals surface area (Å²) in [5, 5.41) is 13.0. The van der Waals surface area contributed by atoms with Gasteiger partial charge < -0.3 is 5.11 Å². The van der Waals surface area contributed by atoms with Crippen molar-refractivity contribution in [3.8, 4) is 0 Å². The molecule has 1 aromatic rings. The van der Waals surface area contributed by atoms with Gasteiger partial charge in [0.25, 0.3) is 0 Å². The summed E-state index contributed by atoms with van der Waals surface area (Å²) in [6.07, 6.45) is 3.66. The van der Waals surface area contributed by atoms with E-state index in [-0.39, 0.29) is 6.61 Å². The fraction of sp³-hybridized carbons (Fsp3) is 0.667. The highest BCUT2D eigenvalue weighted by molar-refractivity contribution is 5.16. The standard InChI is InChI=1S/C9H16N2O/c1-3-5-11-8(2)9(4-6-12)7-10-11/h7,12H,3-6H2,1-2H3. The molecule has 1 aromatic heterocycles. The highest BCUT2D eigenvalue weighted by Crippen LogP contribution is 2.07. The lowest BCUT2D eigenvalue weighted by Crippen LogP contribution is -2.02. The van der Waals surface area contributed by atoms with Gasteiger partial charge >= 0.3 is 0 Å². The predicted molar refractivity (Wildman–Crippen MR) is 48.0 cm³/mol. The molecular formula is C9H16N2O. The third kappa shape index (κ3) is 1.85. The summed E-state index contributed by atoms with van der Waals surface area (Å²) in [4.78, 5) is 0. The summed E-state index contributed by atoms with van der Waals surface area (Å²) in [5.41, 5.74) is 2.34. The predicted octanol–water partition coefficient (Wildman–Crippen LogP) is 1.14. The average molecular weight is 168 g/mol. The van der Waals surface area contributed by atoms with E-state index in [1.807, 2.05) is 17.8 Å². The van der Waals surface area contributed by atoms with Crippen LogP contribution in [-0.2, 0) is 13.0 Å². The fourth-order valence-electron chi connectivity index (χ4n) is 1.29. The van der Waals surface area contributed by atoms with Crippen molar-refractivity contribution in [3.05, 3.63) is 17.5 Å². The molecule has 0 saturated heterocycles. The lowest BCUT2D eigenvalue weighted by molar-refractivity contribution is 0.299. The quantitative estimate of drug-likeness (QED) is 0.732. The van der Waals surface area contributed by atoms with Crippen molar-refractivity contribution in [2.75, 3.05) is 6.61 Å². The molecule has 0 atom stereocenters. The van der Waals surface area contributed by atoms with Crippen LogP contribution in [0.25, 0.3) is 0 Å². The van der Waals surface area contributed by atoms with Crippen molar-refractivity contribution >= 4 is 0 Å². The zero-order valence-corrected chi connectivity index (χ0v) is 7.75. The average Bonchev–Trinajstić information content (AvgIpc) is 2.38. The number of aliphatic hydroxyl groups is 1. The summed E-state index contributed by atoms with van der Waals surface area (Å²) in [7, 11) is 0. The van der Waals surface area contributed by atoms with Gasteiger partial charge in [-0.25, -0.2) is 0 Å². The summed E-state index contributed by atoms with van der Waals surface area (Å²) < 4.78 is 1.99. The van der Waals surface area contributed by atoms with Crippen LogP contribution >= 0.6 is 0 Å². The zero-order chi connectivity index (χ0) is 8.97. The molecule has 0 spiro atoms. The Hall–Kier alpha value is -0.830. The van der Waals surface area contributed by atoms with Gasteiger partial charge in [-0.3, -0.25) is 4.68 Å². The molecule has 0 aliphatic rings. The van der Waals surface area contributed by atoms with Crippen LogP contribution in [0, 0.1) is 6.92 Å². The first kappa shape index (κ1) is 9.26. The van der Waals surface area contributed by atoms with E-state index in [1.165, 1.54) is 5.69 Å². The number of rotatable bonds is 4. The second-order valence-electron chi connectivity index (χ2n) is 2.95. The third-order valence-corrected chi connectivity index (χ3v) is 2.02. The Bertz CT molecular complexity index is 219. The Kier molecular flexibility index (Phi) is 3.29. The highest BCUT2D eigenvalue weighted by atomic mass is 16.2. The summed E-state index contributed by atoms with van der Waals surface area (Å²) in [6.45, 7) is 5.36. The number of aryl methyl sites for hydroxylation is 1. The Morgan fingerprint density at radius 3 is 2.92 bits per heavy atom. The lowest BCUT2D eigenvalue weighted by Gasteiger charge is -2.01. The number of aliphatic hydroxyl groups excluding tert-OH is 1. The van der Waals surface area contributed by atoms with Crippen molar-refractivity contribution < 1.29 is 5.11 Å². The van der Waals surface area contributed by atoms with Crippen molar-refractivity contribution in [2.45, 2.75) is 33.2 Å². The molecule has 0 bridgehead atoms. The Morgan fingerprint density at radius 2 is 2.33 bits per heavy atom. The molecule has 3 nitrogen and oxygen atoms in total. The minimum atomic E-state index is 0.207. The molecule has 0 fully saturated rings. The molecule has 0 amide bonds. The van der Waals surface area contributed by atoms with Crippen LogP contribution in [0.3, 0.4) is 0 Å². The summed E-state index contributed by atoms with van der Waals surface area (Å²) >= 11 is 0. The molecule has 0 aliphatic heterocycles. The molecule has 1 heterocycles. The third-order valence-electron chi connectivity index (χ3n) is 2.02. The van der Waals surface area contributed by atoms with Crippen molar-refractivity contribution in [3.63, 3.8) is 0 Å². The Morgan fingerprint density at radius 1 is 1.58 bits per heavy atom. The number of hydrogen-bond acceptors (Lipinski definition) is 2. The van der Waals surface area contributed by atoms with E-state index in [2.05, 4.69) is 12.0 Å². The van der Waals surface area contributed by atoms with Crippen LogP contribution in [0.2, 0.25) is 0 Å². The van der Waals surface area contributed by atoms with Gasteiger partial charge in [0.1, 0.15) is 0 Å². The van der Waals surface area contributed by atoms with Crippen LogP contribution < -0.4 is 0 Å². The molecule has 0 radical (unpaired) electrons. The van der Waals surface area contributed by atoms with E-state index in [1.54, 1.807) is 0 Å². The van der Waals surface area contributed by atoms with Crippen molar-refractivity contribution in [2.24, 2.45) is 0 Å². The van der Waals surface area contributed by atoms with Crippen LogP contribution in [-0.4, -0.2) is 21.5 Å². The normalized spacial score (nSPS) is 10.6. The second kappa shape index (κ2) is 4.26. The molecule has 0 aromatic carbocycles. The monoisotopic (exact) mass is 168 g/mol. The molecule has 0 saturated carbocycles. The Labute approximate surface area is 73.0 Å². The topological polar surface area (TPSA) is 38.0 Å². The van der Waals surface area contributed by atoms with Crippen molar-refractivity contribution in [1.82, 2.24) is 9.78 Å². The highest BCUT2D eigenvalue weighted by Gasteiger charge is 2.03. The van der Waals surface area contributed by atoms with Gasteiger partial charge in [0.05, 0.1) is 6.20 Å². The second-order valence-corrected chi connectivity index (χ2v) is 2.95. The van der Waals surface area contributed by atoms with Gasteiger partial charge in [-0.15, -0.1) is 0 Å². The molecule has 68 valence electrons. The smallest absolute Gasteiger partial charge is 0.0525 e. The fourth-order valence-corrected chi connectivity index (χ4v) is 1.29. The maximum atomic E-state index is 8.75. The van der Waals surface area contributed by atoms with E-state index in [0.29, 0.717) is 0 Å². The van der Waals surface area contributed by atoms with E-state index >= 15 is 0 Å². The molecule has 1 N–H and O–H groups in total. The number of aromatic nitrogens is 2. The maximum absolute atomic E-state index is 8.75. The SMILES string of the molecule is CCCn1ncc(CCO)c1C. The van der Waals surface area contributed by atoms with Gasteiger partial charge in [-0.2, -0.15) is 5.10 Å². The van der Waals surface area contributed by atoms with Gasteiger partial charge in [0, 0.05) is 18.8 Å². The van der Waals surface area contributed by atoms with Crippen LogP contribution in [0.5, 0.6) is 0 Å². The lowest BCUT2D eigenvalue weighted by atomic mass is 10.2. The Balaban J connectivity index is 2.74. The first-order valence-electron chi connectivity index (χ1n) is 4.41. The molecule has 0 unspecified atom stereocenters. The number of nitrogens with zero attached hydrogens (tertiary/aromatic N) is 2. The van der Waals surface area contributed by atoms with E-state index < -0.39 is 0 Å². The van der Waals surface area contributed by atoms with E-state index in [4.69, 9.17) is 5.11 Å². The zero-order valence-electron chi connectivity index (χ0n) is 7.75. The summed E-state index contributed by atoms with van der Waals surface area (Å²) in [6, 6.07) is 0. The minimum absolute atomic E-state index is 0.207. The molecule has 0 aliphatic carbocycles. The molecule has 3 heteroatoms. The summed E-state index contributed by atoms with van der Waals surface area (Å²) in [5.74, 6) is 0. The van der Waals surface area contributed by atoms with Gasteiger partial charge in [-0.05, 0) is 25.3 Å². The van der Waals surface area contributed by atoms with Crippen LogP contribution in [0.1, 0.15) is 24.6 Å². The maximum Gasteiger partial charge on any atom is 0.0525 e. The van der Waals surface area contributed by atoms with Gasteiger partial charge in [0.15, 0.2) is 0 Å². The molecule has 1 rings (SSSR count). The van der Waals surface area contributed by atoms with Gasteiger partial charge in [0.2, 0.25) is 0 Å². The van der Waals surface area contributed by atoms with Gasteiger partial charge in [-0.1, -0.05) is 6.92 Å². The largest absolute Gasteiger partial charge is 0.396 e. The number of hydrogen-bond donors (Lipinski definition) is 1. The molecular weight excluding hydrogens is 152 g/mol.